The molecule has 2 fully saturated rings. The Kier molecular flexibility index (Phi) is 7.67. The van der Waals surface area contributed by atoms with Gasteiger partial charge in [-0.1, -0.05) is 0 Å². The number of hydrogen-bond donors (Lipinski definition) is 3. The van der Waals surface area contributed by atoms with Crippen molar-refractivity contribution in [3.8, 4) is 5.75 Å². The van der Waals surface area contributed by atoms with Crippen LogP contribution in [-0.2, 0) is 4.74 Å². The highest BCUT2D eigenvalue weighted by Gasteiger charge is 2.46. The smallest absolute Gasteiger partial charge is 0.251 e. The molecular formula is C18H27ClN2O5. The summed E-state index contributed by atoms with van der Waals surface area (Å²) < 4.78 is 10.9. The minimum Gasteiger partial charge on any atom is -0.497 e. The van der Waals surface area contributed by atoms with Gasteiger partial charge in [0.1, 0.15) is 18.0 Å². The minimum atomic E-state index is -0.744. The van der Waals surface area contributed by atoms with Crippen LogP contribution in [0.4, 0.5) is 0 Å². The highest BCUT2D eigenvalue weighted by Crippen LogP contribution is 2.28. The van der Waals surface area contributed by atoms with E-state index in [9.17, 15) is 15.0 Å². The molecule has 2 heterocycles. The fourth-order valence-electron chi connectivity index (χ4n) is 3.67. The zero-order chi connectivity index (χ0) is 17.8. The molecule has 2 aliphatic rings. The van der Waals surface area contributed by atoms with Gasteiger partial charge in [0, 0.05) is 12.1 Å². The van der Waals surface area contributed by atoms with Crippen molar-refractivity contribution in [2.45, 2.75) is 37.2 Å². The van der Waals surface area contributed by atoms with Crippen molar-refractivity contribution in [1.82, 2.24) is 10.2 Å². The van der Waals surface area contributed by atoms with Crippen LogP contribution >= 0.6 is 12.4 Å². The quantitative estimate of drug-likeness (QED) is 0.657. The number of benzene rings is 1. The standard InChI is InChI=1S/C18H26N2O5.ClH/c1-24-13-6-4-12(5-7-13)18(23)19-10-14-16(20-8-2-3-9-20)17(22)15(11-21)25-14;/h4-7,14-17,21-22H,2-3,8-11H2,1H3,(H,19,23);1H/t14-,15+,16+,17-;/m1./s1. The van der Waals surface area contributed by atoms with Crippen LogP contribution in [-0.4, -0.2) is 78.7 Å². The number of nitrogens with one attached hydrogen (secondary N) is 1. The Hall–Kier alpha value is -1.38. The van der Waals surface area contributed by atoms with E-state index in [1.165, 1.54) is 0 Å². The molecule has 26 heavy (non-hydrogen) atoms. The van der Waals surface area contributed by atoms with E-state index in [0.29, 0.717) is 17.9 Å². The number of carbonyl (C=O) groups excluding carboxylic acids is 1. The fraction of sp³-hybridized carbons (Fsp3) is 0.611. The molecule has 0 aliphatic carbocycles. The summed E-state index contributed by atoms with van der Waals surface area (Å²) >= 11 is 0. The number of aliphatic hydroxyl groups excluding tert-OH is 2. The Morgan fingerprint density at radius 1 is 1.27 bits per heavy atom. The predicted octanol–water partition coefficient (Wildman–Crippen LogP) is 0.432. The van der Waals surface area contributed by atoms with Gasteiger partial charge in [0.2, 0.25) is 0 Å². The van der Waals surface area contributed by atoms with E-state index in [0.717, 1.165) is 25.9 Å². The van der Waals surface area contributed by atoms with Gasteiger partial charge in [-0.15, -0.1) is 12.4 Å². The topological polar surface area (TPSA) is 91.3 Å². The van der Waals surface area contributed by atoms with Crippen molar-refractivity contribution in [3.05, 3.63) is 29.8 Å². The number of carbonyl (C=O) groups is 1. The highest BCUT2D eigenvalue weighted by molar-refractivity contribution is 5.94. The van der Waals surface area contributed by atoms with Crippen LogP contribution in [0, 0.1) is 0 Å². The molecule has 3 rings (SSSR count). The number of hydrogen-bond acceptors (Lipinski definition) is 6. The summed E-state index contributed by atoms with van der Waals surface area (Å²) in [4.78, 5) is 14.5. The van der Waals surface area contributed by atoms with Crippen molar-refractivity contribution in [3.63, 3.8) is 0 Å². The lowest BCUT2D eigenvalue weighted by molar-refractivity contribution is -0.0209. The van der Waals surface area contributed by atoms with E-state index < -0.39 is 12.2 Å². The maximum absolute atomic E-state index is 12.3. The average molecular weight is 387 g/mol. The van der Waals surface area contributed by atoms with Crippen molar-refractivity contribution in [2.24, 2.45) is 0 Å². The van der Waals surface area contributed by atoms with Crippen LogP contribution < -0.4 is 10.1 Å². The minimum absolute atomic E-state index is 0. The molecule has 146 valence electrons. The molecular weight excluding hydrogens is 360 g/mol. The molecule has 8 heteroatoms. The number of methoxy groups -OCH3 is 1. The Labute approximate surface area is 159 Å². The molecule has 0 saturated carbocycles. The lowest BCUT2D eigenvalue weighted by Crippen LogP contribution is -2.50. The normalized spacial score (nSPS) is 28.6. The summed E-state index contributed by atoms with van der Waals surface area (Å²) in [6, 6.07) is 6.68. The molecule has 2 saturated heterocycles. The molecule has 0 spiro atoms. The largest absolute Gasteiger partial charge is 0.497 e. The SMILES string of the molecule is COc1ccc(C(=O)NC[C@H]2O[C@@H](CO)[C@@H](O)[C@H]2N2CCCC2)cc1.Cl. The predicted molar refractivity (Wildman–Crippen MR) is 98.9 cm³/mol. The molecule has 4 atom stereocenters. The maximum atomic E-state index is 12.3. The Balaban J connectivity index is 0.00000243. The first-order valence-electron chi connectivity index (χ1n) is 8.74. The van der Waals surface area contributed by atoms with Gasteiger partial charge in [0.25, 0.3) is 5.91 Å². The number of rotatable bonds is 6. The van der Waals surface area contributed by atoms with Crippen LogP contribution in [0.3, 0.4) is 0 Å². The van der Waals surface area contributed by atoms with Gasteiger partial charge >= 0.3 is 0 Å². The van der Waals surface area contributed by atoms with Crippen molar-refractivity contribution in [2.75, 3.05) is 33.4 Å². The number of amides is 1. The molecule has 0 aromatic heterocycles. The summed E-state index contributed by atoms with van der Waals surface area (Å²) in [6.07, 6.45) is 0.502. The molecule has 0 radical (unpaired) electrons. The first kappa shape index (κ1) is 20.9. The van der Waals surface area contributed by atoms with Crippen molar-refractivity contribution in [1.29, 1.82) is 0 Å². The molecule has 0 bridgehead atoms. The third kappa shape index (κ3) is 4.47. The molecule has 7 nitrogen and oxygen atoms in total. The number of aliphatic hydroxyl groups is 2. The molecule has 1 aromatic rings. The second-order valence-corrected chi connectivity index (χ2v) is 6.56. The van der Waals surface area contributed by atoms with Crippen LogP contribution in [0.5, 0.6) is 5.75 Å². The van der Waals surface area contributed by atoms with E-state index in [4.69, 9.17) is 9.47 Å². The first-order chi connectivity index (χ1) is 12.1. The molecule has 3 N–H and O–H groups in total. The van der Waals surface area contributed by atoms with E-state index in [2.05, 4.69) is 10.2 Å². The average Bonchev–Trinajstić information content (AvgIpc) is 3.27. The lowest BCUT2D eigenvalue weighted by Gasteiger charge is -2.30. The van der Waals surface area contributed by atoms with Gasteiger partial charge in [-0.2, -0.15) is 0 Å². The molecule has 1 amide bonds. The summed E-state index contributed by atoms with van der Waals surface area (Å²) in [6.45, 7) is 1.88. The Bertz CT molecular complexity index is 579. The third-order valence-corrected chi connectivity index (χ3v) is 5.02. The fourth-order valence-corrected chi connectivity index (χ4v) is 3.67. The number of nitrogens with zero attached hydrogens (tertiary/aromatic N) is 1. The van der Waals surface area contributed by atoms with Gasteiger partial charge in [-0.25, -0.2) is 0 Å². The third-order valence-electron chi connectivity index (χ3n) is 5.02. The molecule has 1 aromatic carbocycles. The van der Waals surface area contributed by atoms with E-state index >= 15 is 0 Å². The van der Waals surface area contributed by atoms with Crippen LogP contribution in [0.1, 0.15) is 23.2 Å². The highest BCUT2D eigenvalue weighted by atomic mass is 35.5. The van der Waals surface area contributed by atoms with E-state index in [1.807, 2.05) is 0 Å². The van der Waals surface area contributed by atoms with Gasteiger partial charge in [0.05, 0.1) is 25.9 Å². The van der Waals surface area contributed by atoms with E-state index in [1.54, 1.807) is 31.4 Å². The Morgan fingerprint density at radius 2 is 1.92 bits per heavy atom. The number of halogens is 1. The summed E-state index contributed by atoms with van der Waals surface area (Å²) in [5, 5.41) is 22.8. The molecule has 0 unspecified atom stereocenters. The summed E-state index contributed by atoms with van der Waals surface area (Å²) in [7, 11) is 1.58. The van der Waals surface area contributed by atoms with E-state index in [-0.39, 0.29) is 37.1 Å². The summed E-state index contributed by atoms with van der Waals surface area (Å²) in [5.74, 6) is 0.493. The molecule has 2 aliphatic heterocycles. The summed E-state index contributed by atoms with van der Waals surface area (Å²) in [5.41, 5.74) is 0.538. The second-order valence-electron chi connectivity index (χ2n) is 6.56. The van der Waals surface area contributed by atoms with Crippen molar-refractivity contribution >= 4 is 18.3 Å². The van der Waals surface area contributed by atoms with Crippen LogP contribution in [0.2, 0.25) is 0 Å². The lowest BCUT2D eigenvalue weighted by atomic mass is 10.0. The monoisotopic (exact) mass is 386 g/mol. The van der Waals surface area contributed by atoms with Gasteiger partial charge in [0.15, 0.2) is 0 Å². The number of likely N-dealkylation sites (tertiary alicyclic amines) is 1. The maximum Gasteiger partial charge on any atom is 0.251 e. The van der Waals surface area contributed by atoms with Crippen LogP contribution in [0.25, 0.3) is 0 Å². The Morgan fingerprint density at radius 3 is 2.50 bits per heavy atom. The zero-order valence-electron chi connectivity index (χ0n) is 14.8. The van der Waals surface area contributed by atoms with Crippen molar-refractivity contribution < 1.29 is 24.5 Å². The first-order valence-corrected chi connectivity index (χ1v) is 8.74. The zero-order valence-corrected chi connectivity index (χ0v) is 15.7. The van der Waals surface area contributed by atoms with Gasteiger partial charge in [-0.3, -0.25) is 9.69 Å². The van der Waals surface area contributed by atoms with Gasteiger partial charge < -0.3 is 25.0 Å². The van der Waals surface area contributed by atoms with Gasteiger partial charge in [-0.05, 0) is 50.2 Å². The van der Waals surface area contributed by atoms with Crippen LogP contribution in [0.15, 0.2) is 24.3 Å². The number of ether oxygens (including phenoxy) is 2. The second kappa shape index (κ2) is 9.53.